The number of rotatable bonds is 4. The lowest BCUT2D eigenvalue weighted by Gasteiger charge is -2.19. The number of hydrogen-bond donors (Lipinski definition) is 0. The molecule has 1 fully saturated rings. The van der Waals surface area contributed by atoms with Crippen molar-refractivity contribution >= 4 is 17.5 Å². The van der Waals surface area contributed by atoms with Crippen molar-refractivity contribution in [2.24, 2.45) is 0 Å². The molecule has 2 rings (SSSR count). The molecular formula is C12H17N3OS. The number of hydrogen-bond acceptors (Lipinski definition) is 4. The minimum absolute atomic E-state index is 0.0657. The minimum atomic E-state index is 0.0657. The Bertz CT molecular complexity index is 427. The molecule has 5 heteroatoms. The van der Waals surface area contributed by atoms with Gasteiger partial charge in [0.05, 0.1) is 5.25 Å². The third-order valence-corrected chi connectivity index (χ3v) is 4.26. The molecule has 0 saturated heterocycles. The first kappa shape index (κ1) is 12.4. The van der Waals surface area contributed by atoms with Crippen molar-refractivity contribution in [1.82, 2.24) is 14.8 Å². The first-order valence-electron chi connectivity index (χ1n) is 5.92. The van der Waals surface area contributed by atoms with E-state index in [4.69, 9.17) is 0 Å². The quantitative estimate of drug-likeness (QED) is 0.771. The van der Waals surface area contributed by atoms with E-state index in [1.54, 1.807) is 11.8 Å². The number of nitrogens with zero attached hydrogens (tertiary/aromatic N) is 3. The number of aromatic nitrogens is 3. The maximum Gasteiger partial charge on any atom is 0.192 e. The van der Waals surface area contributed by atoms with Crippen molar-refractivity contribution < 1.29 is 4.79 Å². The fraction of sp³-hybridized carbons (Fsp3) is 0.583. The minimum Gasteiger partial charge on any atom is -0.302 e. The van der Waals surface area contributed by atoms with Crippen molar-refractivity contribution in [1.29, 1.82) is 0 Å². The van der Waals surface area contributed by atoms with Crippen molar-refractivity contribution in [2.45, 2.75) is 49.6 Å². The number of carbonyl (C=O) groups excluding carboxylic acids is 1. The molecule has 1 aromatic heterocycles. The van der Waals surface area contributed by atoms with Gasteiger partial charge in [0.2, 0.25) is 0 Å². The highest BCUT2D eigenvalue weighted by molar-refractivity contribution is 8.00. The van der Waals surface area contributed by atoms with Crippen LogP contribution in [0.15, 0.2) is 17.8 Å². The molecule has 0 radical (unpaired) electrons. The smallest absolute Gasteiger partial charge is 0.192 e. The summed E-state index contributed by atoms with van der Waals surface area (Å²) in [7, 11) is 0. The zero-order chi connectivity index (χ0) is 12.3. The zero-order valence-corrected chi connectivity index (χ0v) is 10.9. The summed E-state index contributed by atoms with van der Waals surface area (Å²) in [5, 5.41) is 9.10. The Hall–Kier alpha value is -1.10. The van der Waals surface area contributed by atoms with Crippen LogP contribution in [0.3, 0.4) is 0 Å². The topological polar surface area (TPSA) is 47.8 Å². The molecule has 1 atom stereocenters. The highest BCUT2D eigenvalue weighted by Gasteiger charge is 2.25. The van der Waals surface area contributed by atoms with E-state index in [1.807, 2.05) is 17.6 Å². The number of Topliss-reactive ketones (excluding diaryl/α,β-unsaturated/α-hetero) is 1. The predicted octanol–water partition coefficient (Wildman–Crippen LogP) is 2.38. The van der Waals surface area contributed by atoms with Crippen LogP contribution < -0.4 is 0 Å². The Morgan fingerprint density at radius 1 is 1.53 bits per heavy atom. The van der Waals surface area contributed by atoms with Gasteiger partial charge in [-0.2, -0.15) is 0 Å². The summed E-state index contributed by atoms with van der Waals surface area (Å²) in [4.78, 5) is 11.8. The largest absolute Gasteiger partial charge is 0.302 e. The second kappa shape index (κ2) is 5.49. The zero-order valence-electron chi connectivity index (χ0n) is 10.1. The van der Waals surface area contributed by atoms with Crippen molar-refractivity contribution in [2.75, 3.05) is 0 Å². The summed E-state index contributed by atoms with van der Waals surface area (Å²) in [5.41, 5.74) is 0. The number of carbonyl (C=O) groups is 1. The van der Waals surface area contributed by atoms with Gasteiger partial charge in [0, 0.05) is 13.0 Å². The number of thioether (sulfide) groups is 1. The molecule has 17 heavy (non-hydrogen) atoms. The van der Waals surface area contributed by atoms with E-state index in [-0.39, 0.29) is 5.25 Å². The van der Waals surface area contributed by atoms with Crippen LogP contribution >= 0.6 is 11.8 Å². The summed E-state index contributed by atoms with van der Waals surface area (Å²) < 4.78 is 2.00. The van der Waals surface area contributed by atoms with Gasteiger partial charge >= 0.3 is 0 Å². The maximum atomic E-state index is 11.8. The lowest BCUT2D eigenvalue weighted by Crippen LogP contribution is -2.21. The molecule has 0 aliphatic heterocycles. The lowest BCUT2D eigenvalue weighted by atomic mass is 9.99. The summed E-state index contributed by atoms with van der Waals surface area (Å²) in [6, 6.07) is 0. The second-order valence-electron chi connectivity index (χ2n) is 4.25. The molecule has 92 valence electrons. The molecule has 0 amide bonds. The van der Waals surface area contributed by atoms with Gasteiger partial charge < -0.3 is 4.57 Å². The molecule has 1 aliphatic carbocycles. The van der Waals surface area contributed by atoms with E-state index >= 15 is 0 Å². The Labute approximate surface area is 105 Å². The van der Waals surface area contributed by atoms with E-state index in [0.29, 0.717) is 18.7 Å². The molecule has 1 aromatic rings. The van der Waals surface area contributed by atoms with Crippen LogP contribution in [-0.2, 0) is 11.3 Å². The highest BCUT2D eigenvalue weighted by atomic mass is 32.2. The number of aryl methyl sites for hydroxylation is 1. The van der Waals surface area contributed by atoms with Crippen LogP contribution in [0.4, 0.5) is 0 Å². The summed E-state index contributed by atoms with van der Waals surface area (Å²) >= 11 is 1.55. The predicted molar refractivity (Wildman–Crippen MR) is 68.1 cm³/mol. The summed E-state index contributed by atoms with van der Waals surface area (Å²) in [6.07, 6.45) is 5.67. The van der Waals surface area contributed by atoms with Crippen molar-refractivity contribution in [3.8, 4) is 0 Å². The van der Waals surface area contributed by atoms with Gasteiger partial charge in [-0.05, 0) is 19.8 Å². The van der Waals surface area contributed by atoms with Gasteiger partial charge in [0.15, 0.2) is 5.16 Å². The van der Waals surface area contributed by atoms with Gasteiger partial charge in [0.25, 0.3) is 0 Å². The molecule has 0 unspecified atom stereocenters. The number of allylic oxidation sites excluding steroid dienone is 1. The van der Waals surface area contributed by atoms with Crippen molar-refractivity contribution in [3.63, 3.8) is 0 Å². The standard InChI is InChI=1S/C12H17N3OS/c1-3-8-15-9(2)13-14-12(15)17-11-7-5-4-6-10(11)16/h3,11H,1,4-8H2,2H3/t11-/m0/s1. The third-order valence-electron chi connectivity index (χ3n) is 2.96. The Balaban J connectivity index is 2.12. The molecular weight excluding hydrogens is 234 g/mol. The van der Waals surface area contributed by atoms with Crippen LogP contribution in [0.2, 0.25) is 0 Å². The molecule has 0 N–H and O–H groups in total. The summed E-state index contributed by atoms with van der Waals surface area (Å²) in [5.74, 6) is 1.22. The molecule has 1 saturated carbocycles. The van der Waals surface area contributed by atoms with E-state index in [9.17, 15) is 4.79 Å². The van der Waals surface area contributed by atoms with Crippen LogP contribution in [0.1, 0.15) is 31.5 Å². The molecule has 0 spiro atoms. The lowest BCUT2D eigenvalue weighted by molar-refractivity contribution is -0.119. The third kappa shape index (κ3) is 2.77. The SMILES string of the molecule is C=CCn1c(C)nnc1S[C@H]1CCCCC1=O. The molecule has 0 bridgehead atoms. The van der Waals surface area contributed by atoms with E-state index < -0.39 is 0 Å². The Morgan fingerprint density at radius 2 is 2.35 bits per heavy atom. The fourth-order valence-corrected chi connectivity index (χ4v) is 3.20. The first-order valence-corrected chi connectivity index (χ1v) is 6.80. The average molecular weight is 251 g/mol. The average Bonchev–Trinajstić information content (AvgIpc) is 2.65. The number of ketones is 1. The van der Waals surface area contributed by atoms with Crippen LogP contribution in [-0.4, -0.2) is 25.8 Å². The maximum absolute atomic E-state index is 11.8. The van der Waals surface area contributed by atoms with Crippen LogP contribution in [0.25, 0.3) is 0 Å². The Kier molecular flexibility index (Phi) is 3.99. The van der Waals surface area contributed by atoms with Crippen molar-refractivity contribution in [3.05, 3.63) is 18.5 Å². The van der Waals surface area contributed by atoms with Crippen LogP contribution in [0, 0.1) is 6.92 Å². The van der Waals surface area contributed by atoms with Gasteiger partial charge in [-0.3, -0.25) is 4.79 Å². The summed E-state index contributed by atoms with van der Waals surface area (Å²) in [6.45, 7) is 6.34. The van der Waals surface area contributed by atoms with Gasteiger partial charge in [-0.1, -0.05) is 24.3 Å². The molecule has 1 heterocycles. The van der Waals surface area contributed by atoms with Crippen LogP contribution in [0.5, 0.6) is 0 Å². The highest BCUT2D eigenvalue weighted by Crippen LogP contribution is 2.30. The fourth-order valence-electron chi connectivity index (χ4n) is 1.99. The van der Waals surface area contributed by atoms with E-state index in [0.717, 1.165) is 30.2 Å². The molecule has 4 nitrogen and oxygen atoms in total. The van der Waals surface area contributed by atoms with Gasteiger partial charge in [-0.25, -0.2) is 0 Å². The normalized spacial score (nSPS) is 20.5. The van der Waals surface area contributed by atoms with E-state index in [1.165, 1.54) is 0 Å². The monoisotopic (exact) mass is 251 g/mol. The van der Waals surface area contributed by atoms with Gasteiger partial charge in [0.1, 0.15) is 11.6 Å². The Morgan fingerprint density at radius 3 is 3.06 bits per heavy atom. The second-order valence-corrected chi connectivity index (χ2v) is 5.42. The molecule has 1 aliphatic rings. The first-order chi connectivity index (χ1) is 8.22. The molecule has 0 aromatic carbocycles. The van der Waals surface area contributed by atoms with E-state index in [2.05, 4.69) is 16.8 Å². The van der Waals surface area contributed by atoms with Gasteiger partial charge in [-0.15, -0.1) is 16.8 Å².